The van der Waals surface area contributed by atoms with E-state index in [0.717, 1.165) is 5.56 Å². The van der Waals surface area contributed by atoms with Crippen LogP contribution >= 0.6 is 0 Å². The van der Waals surface area contributed by atoms with Crippen LogP contribution in [0.2, 0.25) is 0 Å². The summed E-state index contributed by atoms with van der Waals surface area (Å²) in [6, 6.07) is 14.1. The zero-order chi connectivity index (χ0) is 27.0. The van der Waals surface area contributed by atoms with E-state index >= 15 is 0 Å². The first-order valence-electron chi connectivity index (χ1n) is 12.6. The summed E-state index contributed by atoms with van der Waals surface area (Å²) in [6.45, 7) is 7.83. The normalized spacial score (nSPS) is 14.7. The molecule has 0 bridgehead atoms. The van der Waals surface area contributed by atoms with Gasteiger partial charge in [0.15, 0.2) is 11.2 Å². The molecular formula is C27H29N7O4. The summed E-state index contributed by atoms with van der Waals surface area (Å²) < 4.78 is 1.64. The van der Waals surface area contributed by atoms with Gasteiger partial charge in [0.2, 0.25) is 0 Å². The van der Waals surface area contributed by atoms with Crippen molar-refractivity contribution in [2.45, 2.75) is 51.5 Å². The lowest BCUT2D eigenvalue weighted by Gasteiger charge is -2.31. The third kappa shape index (κ3) is 5.04. The molecule has 1 aliphatic heterocycles. The molecule has 0 saturated carbocycles. The zero-order valence-corrected chi connectivity index (χ0v) is 21.5. The van der Waals surface area contributed by atoms with Crippen LogP contribution in [0.3, 0.4) is 0 Å². The van der Waals surface area contributed by atoms with Gasteiger partial charge in [-0.15, -0.1) is 5.10 Å². The Bertz CT molecular complexity index is 1560. The number of hydrogen-bond acceptors (Lipinski definition) is 7. The van der Waals surface area contributed by atoms with E-state index in [1.165, 1.54) is 23.8 Å². The third-order valence-electron chi connectivity index (χ3n) is 7.02. The summed E-state index contributed by atoms with van der Waals surface area (Å²) in [5.74, 6) is 0.260. The van der Waals surface area contributed by atoms with Gasteiger partial charge in [0, 0.05) is 36.7 Å². The fourth-order valence-corrected chi connectivity index (χ4v) is 4.76. The quantitative estimate of drug-likeness (QED) is 0.315. The Balaban J connectivity index is 1.32. The van der Waals surface area contributed by atoms with Crippen molar-refractivity contribution in [3.8, 4) is 0 Å². The van der Waals surface area contributed by atoms with Crippen LogP contribution in [0.4, 0.5) is 5.69 Å². The number of hydrogen-bond donors (Lipinski definition) is 1. The molecule has 0 aliphatic carbocycles. The molecule has 0 radical (unpaired) electrons. The van der Waals surface area contributed by atoms with Crippen LogP contribution in [0.5, 0.6) is 0 Å². The maximum atomic E-state index is 12.9. The number of amides is 1. The van der Waals surface area contributed by atoms with Crippen LogP contribution in [0.25, 0.3) is 11.2 Å². The molecule has 1 N–H and O–H groups in total. The molecule has 1 fully saturated rings. The van der Waals surface area contributed by atoms with E-state index < -0.39 is 4.92 Å². The highest BCUT2D eigenvalue weighted by molar-refractivity contribution is 5.94. The fraction of sp³-hybridized carbons (Fsp3) is 0.370. The number of H-pyrrole nitrogens is 1. The largest absolute Gasteiger partial charge is 0.339 e. The number of fused-ring (bicyclic) bond motifs is 1. The van der Waals surface area contributed by atoms with Gasteiger partial charge in [0.25, 0.3) is 17.2 Å². The van der Waals surface area contributed by atoms with Gasteiger partial charge in [-0.25, -0.2) is 9.67 Å². The van der Waals surface area contributed by atoms with Crippen molar-refractivity contribution >= 4 is 22.8 Å². The molecule has 196 valence electrons. The second-order valence-corrected chi connectivity index (χ2v) is 10.7. The second kappa shape index (κ2) is 9.81. The van der Waals surface area contributed by atoms with Crippen LogP contribution in [-0.2, 0) is 12.0 Å². The summed E-state index contributed by atoms with van der Waals surface area (Å²) in [7, 11) is 0. The first kappa shape index (κ1) is 25.2. The number of nitrogens with zero attached hydrogens (tertiary/aromatic N) is 6. The molecule has 1 amide bonds. The topological polar surface area (TPSA) is 140 Å². The Kier molecular flexibility index (Phi) is 6.52. The first-order chi connectivity index (χ1) is 18.1. The Morgan fingerprint density at radius 1 is 1.13 bits per heavy atom. The summed E-state index contributed by atoms with van der Waals surface area (Å²) in [6.07, 6.45) is 1.20. The Hall–Kier alpha value is -4.41. The van der Waals surface area contributed by atoms with Crippen molar-refractivity contribution in [3.05, 3.63) is 91.5 Å². The number of aromatic nitrogens is 5. The summed E-state index contributed by atoms with van der Waals surface area (Å²) in [5.41, 5.74) is 2.78. The molecule has 0 unspecified atom stereocenters. The molecule has 5 rings (SSSR count). The van der Waals surface area contributed by atoms with E-state index in [9.17, 15) is 19.7 Å². The predicted octanol–water partition coefficient (Wildman–Crippen LogP) is 3.79. The molecule has 11 nitrogen and oxygen atoms in total. The highest BCUT2D eigenvalue weighted by Gasteiger charge is 2.27. The number of non-ortho nitro benzene ring substituents is 1. The van der Waals surface area contributed by atoms with E-state index in [0.29, 0.717) is 43.9 Å². The lowest BCUT2D eigenvalue weighted by atomic mass is 9.87. The van der Waals surface area contributed by atoms with Gasteiger partial charge in [-0.1, -0.05) is 56.3 Å². The van der Waals surface area contributed by atoms with Crippen molar-refractivity contribution in [2.75, 3.05) is 13.1 Å². The minimum atomic E-state index is -0.512. The summed E-state index contributed by atoms with van der Waals surface area (Å²) in [5, 5.41) is 19.3. The molecule has 1 saturated heterocycles. The average molecular weight is 516 g/mol. The van der Waals surface area contributed by atoms with Crippen LogP contribution in [-0.4, -0.2) is 53.8 Å². The Labute approximate surface area is 218 Å². The number of likely N-dealkylation sites (tertiary alicyclic amines) is 1. The molecule has 2 aromatic heterocycles. The van der Waals surface area contributed by atoms with Gasteiger partial charge >= 0.3 is 0 Å². The predicted molar refractivity (Wildman–Crippen MR) is 141 cm³/mol. The van der Waals surface area contributed by atoms with Crippen LogP contribution in [0, 0.1) is 10.1 Å². The second-order valence-electron chi connectivity index (χ2n) is 10.7. The van der Waals surface area contributed by atoms with Crippen molar-refractivity contribution in [2.24, 2.45) is 0 Å². The Morgan fingerprint density at radius 3 is 2.50 bits per heavy atom. The number of benzene rings is 2. The number of nitro groups is 1. The lowest BCUT2D eigenvalue weighted by molar-refractivity contribution is -0.384. The van der Waals surface area contributed by atoms with Crippen LogP contribution < -0.4 is 5.56 Å². The van der Waals surface area contributed by atoms with Gasteiger partial charge in [0.1, 0.15) is 5.82 Å². The lowest BCUT2D eigenvalue weighted by Crippen LogP contribution is -2.38. The average Bonchev–Trinajstić information content (AvgIpc) is 3.31. The van der Waals surface area contributed by atoms with E-state index in [-0.39, 0.29) is 39.6 Å². The van der Waals surface area contributed by atoms with Gasteiger partial charge < -0.3 is 9.88 Å². The minimum absolute atomic E-state index is 0.0457. The van der Waals surface area contributed by atoms with Crippen molar-refractivity contribution in [3.63, 3.8) is 0 Å². The van der Waals surface area contributed by atoms with Crippen molar-refractivity contribution < 1.29 is 9.72 Å². The maximum absolute atomic E-state index is 12.9. The highest BCUT2D eigenvalue weighted by Crippen LogP contribution is 2.27. The molecule has 1 aliphatic rings. The van der Waals surface area contributed by atoms with Gasteiger partial charge in [-0.2, -0.15) is 0 Å². The smallest absolute Gasteiger partial charge is 0.281 e. The molecule has 11 heteroatoms. The van der Waals surface area contributed by atoms with E-state index in [1.54, 1.807) is 15.6 Å². The number of piperidine rings is 1. The SMILES string of the molecule is CC(C)(C)c1ccc(Cn2nnc3c(=O)[nH]c(C4CCN(C(=O)c5cccc([N+](=O)[O-])c5)CC4)nc32)cc1. The molecule has 38 heavy (non-hydrogen) atoms. The molecule has 3 heterocycles. The van der Waals surface area contributed by atoms with E-state index in [1.807, 2.05) is 0 Å². The number of carbonyl (C=O) groups is 1. The third-order valence-corrected chi connectivity index (χ3v) is 7.02. The van der Waals surface area contributed by atoms with E-state index in [4.69, 9.17) is 4.98 Å². The maximum Gasteiger partial charge on any atom is 0.281 e. The number of nitro benzene ring substituents is 1. The number of carbonyl (C=O) groups excluding carboxylic acids is 1. The first-order valence-corrected chi connectivity index (χ1v) is 12.6. The van der Waals surface area contributed by atoms with Crippen molar-refractivity contribution in [1.29, 1.82) is 0 Å². The van der Waals surface area contributed by atoms with Crippen molar-refractivity contribution in [1.82, 2.24) is 29.9 Å². The monoisotopic (exact) mass is 515 g/mol. The Morgan fingerprint density at radius 2 is 1.84 bits per heavy atom. The molecule has 0 atom stereocenters. The van der Waals surface area contributed by atoms with Crippen LogP contribution in [0.15, 0.2) is 53.3 Å². The highest BCUT2D eigenvalue weighted by atomic mass is 16.6. The number of nitrogens with one attached hydrogen (secondary N) is 1. The summed E-state index contributed by atoms with van der Waals surface area (Å²) in [4.78, 5) is 45.5. The molecule has 0 spiro atoms. The number of aromatic amines is 1. The van der Waals surface area contributed by atoms with Gasteiger partial charge in [0.05, 0.1) is 11.5 Å². The van der Waals surface area contributed by atoms with E-state index in [2.05, 4.69) is 60.3 Å². The minimum Gasteiger partial charge on any atom is -0.339 e. The van der Waals surface area contributed by atoms with Crippen LogP contribution in [0.1, 0.15) is 66.8 Å². The molecular weight excluding hydrogens is 486 g/mol. The standard InChI is InChI=1S/C27H29N7O4/c1-27(2,3)20-9-7-17(8-10-20)16-33-24-22(30-31-33)25(35)29-23(28-24)18-11-13-32(14-12-18)26(36)19-5-4-6-21(15-19)34(37)38/h4-10,15,18H,11-14,16H2,1-3H3,(H,28,29,35). The zero-order valence-electron chi connectivity index (χ0n) is 21.5. The fourth-order valence-electron chi connectivity index (χ4n) is 4.76. The number of rotatable bonds is 5. The molecule has 2 aromatic carbocycles. The summed E-state index contributed by atoms with van der Waals surface area (Å²) >= 11 is 0. The van der Waals surface area contributed by atoms with Gasteiger partial charge in [-0.3, -0.25) is 19.7 Å². The van der Waals surface area contributed by atoms with Gasteiger partial charge in [-0.05, 0) is 35.4 Å². The molecule has 4 aromatic rings.